The van der Waals surface area contributed by atoms with Gasteiger partial charge in [-0.3, -0.25) is 14.6 Å². The molecule has 1 aromatic carbocycles. The minimum atomic E-state index is -3.44. The monoisotopic (exact) mass is 463 g/mol. The van der Waals surface area contributed by atoms with Gasteiger partial charge in [0.15, 0.2) is 9.84 Å². The fourth-order valence-electron chi connectivity index (χ4n) is 3.33. The van der Waals surface area contributed by atoms with E-state index >= 15 is 0 Å². The number of nitrogens with one attached hydrogen (secondary N) is 3. The normalized spacial score (nSPS) is 11.3. The fourth-order valence-corrected chi connectivity index (χ4v) is 4.20. The van der Waals surface area contributed by atoms with Crippen LogP contribution >= 0.6 is 0 Å². The molecule has 3 heterocycles. The van der Waals surface area contributed by atoms with Crippen LogP contribution < -0.4 is 16.2 Å². The predicted octanol–water partition coefficient (Wildman–Crippen LogP) is 2.88. The molecule has 0 saturated carbocycles. The highest BCUT2D eigenvalue weighted by Gasteiger charge is 2.16. The summed E-state index contributed by atoms with van der Waals surface area (Å²) >= 11 is 0. The summed E-state index contributed by atoms with van der Waals surface area (Å²) in [6.07, 6.45) is 4.37. The van der Waals surface area contributed by atoms with Crippen LogP contribution in [-0.2, 0) is 9.84 Å². The second kappa shape index (κ2) is 8.83. The van der Waals surface area contributed by atoms with Gasteiger partial charge in [0.05, 0.1) is 21.7 Å². The molecule has 0 saturated heterocycles. The zero-order valence-electron chi connectivity index (χ0n) is 17.9. The molecule has 4 aromatic rings. The zero-order chi connectivity index (χ0) is 23.6. The van der Waals surface area contributed by atoms with Crippen LogP contribution in [-0.4, -0.2) is 42.1 Å². The highest BCUT2D eigenvalue weighted by atomic mass is 32.2. The van der Waals surface area contributed by atoms with Gasteiger partial charge in [0.25, 0.3) is 11.5 Å². The number of nitrogens with zero attached hydrogens (tertiary/aromatic N) is 2. The lowest BCUT2D eigenvalue weighted by molar-refractivity contribution is 0.0963. The molecule has 0 radical (unpaired) electrons. The van der Waals surface area contributed by atoms with Crippen molar-refractivity contribution in [1.82, 2.24) is 20.3 Å². The van der Waals surface area contributed by atoms with E-state index in [-0.39, 0.29) is 22.1 Å². The number of aromatic nitrogens is 3. The highest BCUT2D eigenvalue weighted by Crippen LogP contribution is 2.28. The Kier molecular flexibility index (Phi) is 5.93. The van der Waals surface area contributed by atoms with Crippen LogP contribution in [0.4, 0.5) is 11.5 Å². The summed E-state index contributed by atoms with van der Waals surface area (Å²) in [5.74, 6) is 0.0381. The molecule has 0 unspecified atom stereocenters. The smallest absolute Gasteiger partial charge is 0.259 e. The van der Waals surface area contributed by atoms with E-state index in [1.54, 1.807) is 50.4 Å². The van der Waals surface area contributed by atoms with Crippen molar-refractivity contribution in [3.63, 3.8) is 0 Å². The Balaban J connectivity index is 1.83. The minimum Gasteiger partial charge on any atom is -0.355 e. The Morgan fingerprint density at radius 1 is 1.09 bits per heavy atom. The van der Waals surface area contributed by atoms with Crippen LogP contribution in [0.3, 0.4) is 0 Å². The van der Waals surface area contributed by atoms with E-state index in [1.807, 2.05) is 0 Å². The quantitative estimate of drug-likeness (QED) is 0.400. The fraction of sp³-hybridized carbons (Fsp3) is 0.130. The molecular formula is C23H21N5O4S. The van der Waals surface area contributed by atoms with Crippen molar-refractivity contribution in [3.8, 4) is 11.3 Å². The van der Waals surface area contributed by atoms with Gasteiger partial charge in [-0.15, -0.1) is 0 Å². The van der Waals surface area contributed by atoms with Crippen molar-refractivity contribution in [1.29, 1.82) is 0 Å². The van der Waals surface area contributed by atoms with Gasteiger partial charge in [-0.25, -0.2) is 13.4 Å². The molecule has 0 fully saturated rings. The summed E-state index contributed by atoms with van der Waals surface area (Å²) < 4.78 is 24.6. The van der Waals surface area contributed by atoms with Crippen molar-refractivity contribution >= 4 is 38.0 Å². The third-order valence-corrected chi connectivity index (χ3v) is 6.84. The number of rotatable bonds is 6. The van der Waals surface area contributed by atoms with Gasteiger partial charge in [0.2, 0.25) is 0 Å². The molecule has 33 heavy (non-hydrogen) atoms. The molecule has 0 aliphatic rings. The largest absolute Gasteiger partial charge is 0.355 e. The van der Waals surface area contributed by atoms with Crippen LogP contribution in [0.5, 0.6) is 0 Å². The Bertz CT molecular complexity index is 1510. The summed E-state index contributed by atoms with van der Waals surface area (Å²) in [6, 6.07) is 11.7. The number of anilines is 2. The molecule has 0 bridgehead atoms. The molecule has 4 rings (SSSR count). The third-order valence-electron chi connectivity index (χ3n) is 5.14. The first-order valence-electron chi connectivity index (χ1n) is 10.1. The number of aromatic amines is 1. The zero-order valence-corrected chi connectivity index (χ0v) is 18.7. The van der Waals surface area contributed by atoms with Gasteiger partial charge in [-0.1, -0.05) is 6.92 Å². The number of carbonyl (C=O) groups is 1. The second-order valence-corrected chi connectivity index (χ2v) is 9.50. The van der Waals surface area contributed by atoms with E-state index in [1.165, 1.54) is 24.7 Å². The molecule has 0 atom stereocenters. The Hall–Kier alpha value is -4.05. The van der Waals surface area contributed by atoms with E-state index in [2.05, 4.69) is 25.6 Å². The molecule has 0 spiro atoms. The van der Waals surface area contributed by atoms with Gasteiger partial charge >= 0.3 is 0 Å². The number of carbonyl (C=O) groups excluding carboxylic acids is 1. The topological polar surface area (TPSA) is 134 Å². The van der Waals surface area contributed by atoms with Crippen LogP contribution in [0.1, 0.15) is 17.3 Å². The standard InChI is InChI=1S/C23H21N5O4S/c1-3-33(31,32)18-10-16(12-25-13-18)19-11-15-8-9-26-23(30)20(15)21(28-19)27-17-6-4-14(5-7-17)22(29)24-2/h4-13H,3H2,1-2H3,(H,24,29)(H,26,30)(H,27,28). The van der Waals surface area contributed by atoms with Gasteiger partial charge in [0.1, 0.15) is 5.82 Å². The van der Waals surface area contributed by atoms with E-state index in [9.17, 15) is 18.0 Å². The summed E-state index contributed by atoms with van der Waals surface area (Å²) in [5.41, 5.74) is 1.75. The molecular weight excluding hydrogens is 442 g/mol. The predicted molar refractivity (Wildman–Crippen MR) is 126 cm³/mol. The lowest BCUT2D eigenvalue weighted by Gasteiger charge is -2.12. The van der Waals surface area contributed by atoms with E-state index in [0.717, 1.165) is 0 Å². The second-order valence-electron chi connectivity index (χ2n) is 7.22. The van der Waals surface area contributed by atoms with Crippen LogP contribution in [0.25, 0.3) is 22.0 Å². The molecule has 0 aliphatic carbocycles. The lowest BCUT2D eigenvalue weighted by atomic mass is 10.1. The number of H-pyrrole nitrogens is 1. The van der Waals surface area contributed by atoms with E-state index in [4.69, 9.17) is 0 Å². The van der Waals surface area contributed by atoms with Gasteiger partial charge in [0, 0.05) is 42.5 Å². The van der Waals surface area contributed by atoms with Crippen molar-refractivity contribution in [2.24, 2.45) is 0 Å². The molecule has 9 nitrogen and oxygen atoms in total. The van der Waals surface area contributed by atoms with Crippen LogP contribution in [0.15, 0.2) is 70.7 Å². The summed E-state index contributed by atoms with van der Waals surface area (Å²) in [6.45, 7) is 1.57. The average molecular weight is 464 g/mol. The average Bonchev–Trinajstić information content (AvgIpc) is 2.84. The lowest BCUT2D eigenvalue weighted by Crippen LogP contribution is -2.17. The minimum absolute atomic E-state index is 0.0441. The molecule has 3 aromatic heterocycles. The maximum absolute atomic E-state index is 12.6. The number of pyridine rings is 3. The SMILES string of the molecule is CCS(=O)(=O)c1cncc(-c2cc3cc[nH]c(=O)c3c(Nc3ccc(C(=O)NC)cc3)n2)c1. The number of hydrogen-bond acceptors (Lipinski definition) is 7. The number of benzene rings is 1. The van der Waals surface area contributed by atoms with Crippen molar-refractivity contribution < 1.29 is 13.2 Å². The summed E-state index contributed by atoms with van der Waals surface area (Å²) in [5, 5.41) is 6.67. The number of hydrogen-bond donors (Lipinski definition) is 3. The number of amides is 1. The van der Waals surface area contributed by atoms with Gasteiger partial charge < -0.3 is 15.6 Å². The molecule has 10 heteroatoms. The summed E-state index contributed by atoms with van der Waals surface area (Å²) in [7, 11) is -1.89. The highest BCUT2D eigenvalue weighted by molar-refractivity contribution is 7.91. The maximum Gasteiger partial charge on any atom is 0.259 e. The van der Waals surface area contributed by atoms with Crippen molar-refractivity contribution in [3.05, 3.63) is 77.0 Å². The maximum atomic E-state index is 12.6. The first-order chi connectivity index (χ1) is 15.8. The Morgan fingerprint density at radius 3 is 2.55 bits per heavy atom. The van der Waals surface area contributed by atoms with E-state index in [0.29, 0.717) is 39.1 Å². The van der Waals surface area contributed by atoms with E-state index < -0.39 is 9.84 Å². The van der Waals surface area contributed by atoms with Crippen LogP contribution in [0, 0.1) is 0 Å². The van der Waals surface area contributed by atoms with Crippen LogP contribution in [0.2, 0.25) is 0 Å². The molecule has 3 N–H and O–H groups in total. The molecule has 1 amide bonds. The summed E-state index contributed by atoms with van der Waals surface area (Å²) in [4.78, 5) is 35.8. The van der Waals surface area contributed by atoms with Crippen molar-refractivity contribution in [2.75, 3.05) is 18.1 Å². The van der Waals surface area contributed by atoms with Gasteiger partial charge in [-0.05, 0) is 47.9 Å². The Labute approximate surface area is 189 Å². The van der Waals surface area contributed by atoms with Crippen molar-refractivity contribution in [2.45, 2.75) is 11.8 Å². The first-order valence-corrected chi connectivity index (χ1v) is 11.8. The van der Waals surface area contributed by atoms with Gasteiger partial charge in [-0.2, -0.15) is 0 Å². The molecule has 0 aliphatic heterocycles. The number of sulfone groups is 1. The third kappa shape index (κ3) is 4.46. The Morgan fingerprint density at radius 2 is 1.85 bits per heavy atom. The number of fused-ring (bicyclic) bond motifs is 1. The molecule has 168 valence electrons. The first kappa shape index (κ1) is 22.2.